The van der Waals surface area contributed by atoms with E-state index in [0.29, 0.717) is 41.2 Å². The number of carbonyl (C=O) groups is 3. The molecule has 6 saturated carbocycles. The maximum absolute atomic E-state index is 13.8. The number of hydrogen-bond donors (Lipinski definition) is 0. The molecule has 0 spiro atoms. The van der Waals surface area contributed by atoms with E-state index >= 15 is 0 Å². The molecule has 6 aliphatic carbocycles. The van der Waals surface area contributed by atoms with Gasteiger partial charge >= 0.3 is 17.9 Å². The van der Waals surface area contributed by atoms with E-state index < -0.39 is 58.0 Å². The van der Waals surface area contributed by atoms with E-state index in [9.17, 15) is 27.4 Å². The minimum Gasteiger partial charge on any atom is -0.744 e. The first-order valence-electron chi connectivity index (χ1n) is 15.1. The summed E-state index contributed by atoms with van der Waals surface area (Å²) in [4.78, 5) is 39.6. The van der Waals surface area contributed by atoms with Gasteiger partial charge in [-0.15, -0.1) is 0 Å². The van der Waals surface area contributed by atoms with Crippen LogP contribution in [-0.4, -0.2) is 43.1 Å². The highest BCUT2D eigenvalue weighted by Gasteiger charge is 2.70. The second kappa shape index (κ2) is 10.6. The van der Waals surface area contributed by atoms with Crippen molar-refractivity contribution in [2.24, 2.45) is 47.3 Å². The van der Waals surface area contributed by atoms with Crippen LogP contribution < -0.4 is 4.74 Å². The van der Waals surface area contributed by atoms with E-state index in [2.05, 4.69) is 45.2 Å². The Morgan fingerprint density at radius 2 is 1.52 bits per heavy atom. The van der Waals surface area contributed by atoms with Crippen LogP contribution in [0.25, 0.3) is 0 Å². The van der Waals surface area contributed by atoms with Crippen LogP contribution in [0.4, 0.5) is 0 Å². The van der Waals surface area contributed by atoms with Crippen molar-refractivity contribution in [3.8, 4) is 5.75 Å². The average Bonchev–Trinajstić information content (AvgIpc) is 3.55. The van der Waals surface area contributed by atoms with Crippen molar-refractivity contribution in [1.82, 2.24) is 0 Å². The lowest BCUT2D eigenvalue weighted by Crippen LogP contribution is -2.44. The molecule has 2 aromatic carbocycles. The minimum absolute atomic E-state index is 0.0684. The molecule has 1 heterocycles. The Labute approximate surface area is 282 Å². The SMILES string of the molecule is O=C(OC1C2CC3C1OC(=O)C3C2C(=O)Oc1ccc(S(=O)(=O)[O-])c(C2C3CC4CC(C3)CC2C4)c1)c1cc(I)cc(I)c1. The van der Waals surface area contributed by atoms with E-state index in [1.807, 2.05) is 6.07 Å². The summed E-state index contributed by atoms with van der Waals surface area (Å²) in [5.74, 6) is -1.92. The Balaban J connectivity index is 1.07. The molecule has 6 unspecified atom stereocenters. The number of esters is 3. The lowest BCUT2D eigenvalue weighted by atomic mass is 9.51. The molecule has 0 radical (unpaired) electrons. The first-order valence-corrected chi connectivity index (χ1v) is 18.7. The molecule has 44 heavy (non-hydrogen) atoms. The first-order chi connectivity index (χ1) is 20.9. The topological polar surface area (TPSA) is 136 Å². The molecule has 1 saturated heterocycles. The van der Waals surface area contributed by atoms with Gasteiger partial charge in [0.05, 0.1) is 22.3 Å². The molecule has 0 N–H and O–H groups in total. The molecule has 0 amide bonds. The fourth-order valence-corrected chi connectivity index (χ4v) is 12.7. The number of halogens is 2. The summed E-state index contributed by atoms with van der Waals surface area (Å²) in [6.07, 6.45) is 4.45. The second-order valence-electron chi connectivity index (χ2n) is 13.6. The molecular formula is C32H29I2O9S-. The van der Waals surface area contributed by atoms with Crippen LogP contribution >= 0.6 is 45.2 Å². The van der Waals surface area contributed by atoms with Crippen molar-refractivity contribution < 1.29 is 41.6 Å². The highest BCUT2D eigenvalue weighted by Crippen LogP contribution is 2.61. The van der Waals surface area contributed by atoms with E-state index in [1.54, 1.807) is 18.2 Å². The van der Waals surface area contributed by atoms with Crippen molar-refractivity contribution in [2.75, 3.05) is 0 Å². The molecule has 232 valence electrons. The largest absolute Gasteiger partial charge is 0.744 e. The summed E-state index contributed by atoms with van der Waals surface area (Å²) >= 11 is 4.26. The van der Waals surface area contributed by atoms with E-state index in [4.69, 9.17) is 14.2 Å². The Morgan fingerprint density at radius 3 is 2.16 bits per heavy atom. The summed E-state index contributed by atoms with van der Waals surface area (Å²) in [5, 5.41) is 0. The number of rotatable bonds is 6. The van der Waals surface area contributed by atoms with E-state index in [-0.39, 0.29) is 22.5 Å². The minimum atomic E-state index is -4.75. The van der Waals surface area contributed by atoms with Gasteiger partial charge < -0.3 is 18.8 Å². The molecular weight excluding hydrogens is 814 g/mol. The summed E-state index contributed by atoms with van der Waals surface area (Å²) < 4.78 is 56.3. The van der Waals surface area contributed by atoms with Gasteiger partial charge in [0.25, 0.3) is 0 Å². The standard InChI is InChI=1S/C32H30I2O9S/c33-18-8-17(9-19(34)10-18)30(35)42-28-22-12-23-27(32(37)43-29(23)28)26(22)31(36)41-20-1-2-24(44(38,39)40)21(11-20)25-15-4-13-3-14(6-15)7-16(25)5-13/h1-2,8-11,13-16,22-23,25-29H,3-7,12H2,(H,38,39,40)/p-1. The number of carbonyl (C=O) groups excluding carboxylic acids is 3. The monoisotopic (exact) mass is 843 g/mol. The normalized spacial score (nSPS) is 37.7. The third kappa shape index (κ3) is 4.83. The Bertz CT molecular complexity index is 1660. The van der Waals surface area contributed by atoms with E-state index in [1.165, 1.54) is 18.6 Å². The first kappa shape index (κ1) is 29.6. The zero-order chi connectivity index (χ0) is 30.7. The molecule has 2 aromatic rings. The summed E-state index contributed by atoms with van der Waals surface area (Å²) in [6.45, 7) is 0. The fraction of sp³-hybridized carbons (Fsp3) is 0.531. The number of fused-ring (bicyclic) bond motifs is 1. The number of benzene rings is 2. The molecule has 7 fully saturated rings. The summed E-state index contributed by atoms with van der Waals surface area (Å²) in [7, 11) is -4.75. The third-order valence-corrected chi connectivity index (χ3v) is 13.4. The lowest BCUT2D eigenvalue weighted by Gasteiger charge is -2.55. The molecule has 6 bridgehead atoms. The van der Waals surface area contributed by atoms with Gasteiger partial charge in [0.2, 0.25) is 0 Å². The van der Waals surface area contributed by atoms with Crippen molar-refractivity contribution in [3.63, 3.8) is 0 Å². The fourth-order valence-electron chi connectivity index (χ4n) is 10.0. The molecule has 0 aromatic heterocycles. The predicted molar refractivity (Wildman–Crippen MR) is 169 cm³/mol. The van der Waals surface area contributed by atoms with Crippen LogP contribution in [0.2, 0.25) is 0 Å². The second-order valence-corrected chi connectivity index (χ2v) is 17.4. The van der Waals surface area contributed by atoms with Crippen molar-refractivity contribution in [3.05, 3.63) is 54.7 Å². The van der Waals surface area contributed by atoms with Gasteiger partial charge in [-0.3, -0.25) is 9.59 Å². The van der Waals surface area contributed by atoms with Gasteiger partial charge in [0.1, 0.15) is 28.1 Å². The molecule has 9 nitrogen and oxygen atoms in total. The Kier molecular flexibility index (Phi) is 7.15. The molecule has 7 aliphatic rings. The zero-order valence-corrected chi connectivity index (χ0v) is 28.5. The van der Waals surface area contributed by atoms with Gasteiger partial charge in [-0.1, -0.05) is 0 Å². The van der Waals surface area contributed by atoms with Crippen LogP contribution in [-0.2, 0) is 29.2 Å². The van der Waals surface area contributed by atoms with Gasteiger partial charge in [-0.25, -0.2) is 13.2 Å². The van der Waals surface area contributed by atoms with Crippen LogP contribution in [0.1, 0.15) is 60.4 Å². The summed E-state index contributed by atoms with van der Waals surface area (Å²) in [5.41, 5.74) is 0.834. The maximum atomic E-state index is 13.8. The quantitative estimate of drug-likeness (QED) is 0.165. The van der Waals surface area contributed by atoms with Gasteiger partial charge in [-0.2, -0.15) is 0 Å². The van der Waals surface area contributed by atoms with Crippen molar-refractivity contribution >= 4 is 73.2 Å². The van der Waals surface area contributed by atoms with Crippen molar-refractivity contribution in [1.29, 1.82) is 0 Å². The highest BCUT2D eigenvalue weighted by molar-refractivity contribution is 14.1. The Morgan fingerprint density at radius 1 is 0.864 bits per heavy atom. The lowest BCUT2D eigenvalue weighted by molar-refractivity contribution is -0.149. The van der Waals surface area contributed by atoms with Crippen LogP contribution in [0.15, 0.2) is 41.3 Å². The molecule has 9 rings (SSSR count). The predicted octanol–water partition coefficient (Wildman–Crippen LogP) is 5.28. The van der Waals surface area contributed by atoms with Gasteiger partial charge in [0, 0.05) is 19.0 Å². The van der Waals surface area contributed by atoms with Crippen LogP contribution in [0.3, 0.4) is 0 Å². The van der Waals surface area contributed by atoms with Crippen molar-refractivity contribution in [2.45, 2.75) is 61.5 Å². The molecule has 6 atom stereocenters. The smallest absolute Gasteiger partial charge is 0.338 e. The van der Waals surface area contributed by atoms with Crippen LogP contribution in [0.5, 0.6) is 5.75 Å². The third-order valence-electron chi connectivity index (χ3n) is 11.2. The molecule has 1 aliphatic heterocycles. The van der Waals surface area contributed by atoms with Gasteiger partial charge in [0.15, 0.2) is 0 Å². The zero-order valence-electron chi connectivity index (χ0n) is 23.4. The average molecular weight is 843 g/mol. The van der Waals surface area contributed by atoms with Gasteiger partial charge in [-0.05, 0) is 155 Å². The number of hydrogen-bond acceptors (Lipinski definition) is 9. The van der Waals surface area contributed by atoms with E-state index in [0.717, 1.165) is 32.8 Å². The maximum Gasteiger partial charge on any atom is 0.338 e. The summed E-state index contributed by atoms with van der Waals surface area (Å²) in [6, 6.07) is 9.55. The highest BCUT2D eigenvalue weighted by atomic mass is 127. The van der Waals surface area contributed by atoms with Crippen LogP contribution in [0, 0.1) is 54.5 Å². The molecule has 12 heteroatoms. The Hall–Kier alpha value is -1.78. The number of ether oxygens (including phenoxy) is 3.